The van der Waals surface area contributed by atoms with Crippen LogP contribution in [0.2, 0.25) is 0 Å². The number of nitrogen functional groups attached to an aromatic ring is 1. The van der Waals surface area contributed by atoms with Crippen LogP contribution >= 0.6 is 0 Å². The average Bonchev–Trinajstić information content (AvgIpc) is 2.45. The molecule has 6 heteroatoms. The van der Waals surface area contributed by atoms with Crippen molar-refractivity contribution in [3.63, 3.8) is 0 Å². The van der Waals surface area contributed by atoms with Gasteiger partial charge in [0.05, 0.1) is 17.1 Å². The Morgan fingerprint density at radius 2 is 1.95 bits per heavy atom. The summed E-state index contributed by atoms with van der Waals surface area (Å²) in [5, 5.41) is 14.2. The number of amides is 1. The van der Waals surface area contributed by atoms with Crippen LogP contribution < -0.4 is 16.4 Å². The smallest absolute Gasteiger partial charge is 0.404 e. The van der Waals surface area contributed by atoms with E-state index < -0.39 is 6.09 Å². The van der Waals surface area contributed by atoms with Crippen LogP contribution in [-0.2, 0) is 6.42 Å². The number of carbonyl (C=O) groups is 1. The minimum absolute atomic E-state index is 0.401. The Bertz CT molecular complexity index is 669. The highest BCUT2D eigenvalue weighted by Gasteiger charge is 2.05. The zero-order valence-corrected chi connectivity index (χ0v) is 12.7. The predicted molar refractivity (Wildman–Crippen MR) is 87.6 cm³/mol. The summed E-state index contributed by atoms with van der Waals surface area (Å²) < 4.78 is 0. The van der Waals surface area contributed by atoms with Crippen molar-refractivity contribution in [1.82, 2.24) is 10.3 Å². The van der Waals surface area contributed by atoms with Crippen LogP contribution in [0.4, 0.5) is 21.9 Å². The number of nitrogens with one attached hydrogen (secondary N) is 2. The number of benzene rings is 1. The molecule has 0 radical (unpaired) electrons. The number of nitrogens with two attached hydrogens (primary N) is 1. The number of hydrogen-bond acceptors (Lipinski definition) is 4. The number of anilines is 3. The number of hydrogen-bond donors (Lipinski definition) is 4. The van der Waals surface area contributed by atoms with E-state index >= 15 is 0 Å². The first kappa shape index (κ1) is 15.6. The van der Waals surface area contributed by atoms with E-state index in [0.29, 0.717) is 18.7 Å². The van der Waals surface area contributed by atoms with Crippen LogP contribution in [0.5, 0.6) is 0 Å². The predicted octanol–water partition coefficient (Wildman–Crippen LogP) is 2.83. The summed E-state index contributed by atoms with van der Waals surface area (Å²) in [6.45, 7) is 4.21. The molecule has 0 saturated heterocycles. The van der Waals surface area contributed by atoms with Gasteiger partial charge < -0.3 is 21.5 Å². The molecular weight excluding hydrogens is 280 g/mol. The van der Waals surface area contributed by atoms with Crippen LogP contribution in [0.15, 0.2) is 30.3 Å². The lowest BCUT2D eigenvalue weighted by Gasteiger charge is -2.12. The lowest BCUT2D eigenvalue weighted by Crippen LogP contribution is -2.23. The Hall–Kier alpha value is -2.76. The normalized spacial score (nSPS) is 10.3. The number of rotatable bonds is 5. The van der Waals surface area contributed by atoms with Gasteiger partial charge in [0.2, 0.25) is 0 Å². The zero-order valence-electron chi connectivity index (χ0n) is 12.7. The molecule has 0 saturated carbocycles. The Labute approximate surface area is 129 Å². The van der Waals surface area contributed by atoms with Crippen LogP contribution in [-0.4, -0.2) is 22.7 Å². The molecule has 2 aromatic rings. The van der Waals surface area contributed by atoms with Gasteiger partial charge in [-0.25, -0.2) is 4.79 Å². The maximum atomic E-state index is 10.4. The second-order valence-electron chi connectivity index (χ2n) is 5.11. The SMILES string of the molecule is Cc1cc(Nc2ccc(CCNC(=O)O)cc2)c(N)c(C)n1. The molecule has 0 atom stereocenters. The molecule has 0 spiro atoms. The zero-order chi connectivity index (χ0) is 16.1. The minimum Gasteiger partial charge on any atom is -0.465 e. The van der Waals surface area contributed by atoms with Gasteiger partial charge in [0, 0.05) is 17.9 Å². The molecule has 1 aromatic carbocycles. The van der Waals surface area contributed by atoms with Crippen LogP contribution in [0.1, 0.15) is 17.0 Å². The van der Waals surface area contributed by atoms with Crippen molar-refractivity contribution in [2.24, 2.45) is 0 Å². The van der Waals surface area contributed by atoms with Gasteiger partial charge in [-0.2, -0.15) is 0 Å². The Balaban J connectivity index is 2.04. The molecule has 6 nitrogen and oxygen atoms in total. The second-order valence-corrected chi connectivity index (χ2v) is 5.11. The first-order chi connectivity index (χ1) is 10.5. The quantitative estimate of drug-likeness (QED) is 0.680. The molecule has 22 heavy (non-hydrogen) atoms. The van der Waals surface area contributed by atoms with E-state index in [1.54, 1.807) is 0 Å². The molecule has 0 bridgehead atoms. The highest BCUT2D eigenvalue weighted by Crippen LogP contribution is 2.26. The third-order valence-corrected chi connectivity index (χ3v) is 3.30. The summed E-state index contributed by atoms with van der Waals surface area (Å²) in [5.41, 5.74) is 11.2. The number of aromatic nitrogens is 1. The summed E-state index contributed by atoms with van der Waals surface area (Å²) >= 11 is 0. The summed E-state index contributed by atoms with van der Waals surface area (Å²) in [6, 6.07) is 9.72. The lowest BCUT2D eigenvalue weighted by molar-refractivity contribution is 0.194. The van der Waals surface area contributed by atoms with Gasteiger partial charge in [0.15, 0.2) is 0 Å². The van der Waals surface area contributed by atoms with Crippen molar-refractivity contribution in [2.75, 3.05) is 17.6 Å². The maximum absolute atomic E-state index is 10.4. The molecule has 0 fully saturated rings. The third kappa shape index (κ3) is 4.12. The van der Waals surface area contributed by atoms with Crippen molar-refractivity contribution in [3.05, 3.63) is 47.3 Å². The van der Waals surface area contributed by atoms with E-state index in [-0.39, 0.29) is 0 Å². The number of nitrogens with zero attached hydrogens (tertiary/aromatic N) is 1. The van der Waals surface area contributed by atoms with Gasteiger partial charge in [-0.15, -0.1) is 0 Å². The highest BCUT2D eigenvalue weighted by molar-refractivity contribution is 5.74. The van der Waals surface area contributed by atoms with Crippen LogP contribution in [0.3, 0.4) is 0 Å². The summed E-state index contributed by atoms with van der Waals surface area (Å²) in [4.78, 5) is 14.7. The van der Waals surface area contributed by atoms with Crippen molar-refractivity contribution in [3.8, 4) is 0 Å². The standard InChI is InChI=1S/C16H20N4O2/c1-10-9-14(15(17)11(2)19-10)20-13-5-3-12(4-6-13)7-8-18-16(21)22/h3-6,9,18H,7-8,17H2,1-2H3,(H,19,20)(H,21,22). The molecule has 5 N–H and O–H groups in total. The van der Waals surface area contributed by atoms with Gasteiger partial charge in [-0.05, 0) is 44.0 Å². The van der Waals surface area contributed by atoms with Gasteiger partial charge in [0.25, 0.3) is 0 Å². The maximum Gasteiger partial charge on any atom is 0.404 e. The summed E-state index contributed by atoms with van der Waals surface area (Å²) in [7, 11) is 0. The van der Waals surface area contributed by atoms with Crippen LogP contribution in [0.25, 0.3) is 0 Å². The topological polar surface area (TPSA) is 100 Å². The number of pyridine rings is 1. The van der Waals surface area contributed by atoms with Crippen molar-refractivity contribution >= 4 is 23.2 Å². The van der Waals surface area contributed by atoms with E-state index in [1.807, 2.05) is 44.2 Å². The third-order valence-electron chi connectivity index (χ3n) is 3.30. The Morgan fingerprint density at radius 1 is 1.27 bits per heavy atom. The summed E-state index contributed by atoms with van der Waals surface area (Å²) in [6.07, 6.45) is -0.348. The molecule has 1 heterocycles. The number of carboxylic acid groups (broad SMARTS) is 1. The van der Waals surface area contributed by atoms with Gasteiger partial charge in [-0.1, -0.05) is 12.1 Å². The van der Waals surface area contributed by atoms with Crippen molar-refractivity contribution in [1.29, 1.82) is 0 Å². The molecule has 1 amide bonds. The molecule has 2 rings (SSSR count). The first-order valence-electron chi connectivity index (χ1n) is 7.02. The first-order valence-corrected chi connectivity index (χ1v) is 7.02. The van der Waals surface area contributed by atoms with E-state index in [9.17, 15) is 4.79 Å². The monoisotopic (exact) mass is 300 g/mol. The number of aryl methyl sites for hydroxylation is 2. The van der Waals surface area contributed by atoms with Crippen LogP contribution in [0, 0.1) is 13.8 Å². The molecule has 0 unspecified atom stereocenters. The second kappa shape index (κ2) is 6.80. The highest BCUT2D eigenvalue weighted by atomic mass is 16.4. The molecule has 1 aromatic heterocycles. The van der Waals surface area contributed by atoms with Gasteiger partial charge >= 0.3 is 6.09 Å². The van der Waals surface area contributed by atoms with E-state index in [1.165, 1.54) is 0 Å². The molecule has 0 aliphatic heterocycles. The fourth-order valence-electron chi connectivity index (χ4n) is 2.17. The van der Waals surface area contributed by atoms with Crippen molar-refractivity contribution < 1.29 is 9.90 Å². The molecular formula is C16H20N4O2. The van der Waals surface area contributed by atoms with E-state index in [0.717, 1.165) is 28.3 Å². The molecule has 116 valence electrons. The fraction of sp³-hybridized carbons (Fsp3) is 0.250. The average molecular weight is 300 g/mol. The largest absolute Gasteiger partial charge is 0.465 e. The minimum atomic E-state index is -1.00. The van der Waals surface area contributed by atoms with E-state index in [2.05, 4.69) is 15.6 Å². The summed E-state index contributed by atoms with van der Waals surface area (Å²) in [5.74, 6) is 0. The van der Waals surface area contributed by atoms with Crippen molar-refractivity contribution in [2.45, 2.75) is 20.3 Å². The fourth-order valence-corrected chi connectivity index (χ4v) is 2.17. The van der Waals surface area contributed by atoms with Gasteiger partial charge in [-0.3, -0.25) is 4.98 Å². The van der Waals surface area contributed by atoms with Gasteiger partial charge in [0.1, 0.15) is 0 Å². The molecule has 0 aliphatic rings. The van der Waals surface area contributed by atoms with E-state index in [4.69, 9.17) is 10.8 Å². The molecule has 0 aliphatic carbocycles. The lowest BCUT2D eigenvalue weighted by atomic mass is 10.1. The Kier molecular flexibility index (Phi) is 4.83. The Morgan fingerprint density at radius 3 is 2.59 bits per heavy atom.